The Hall–Kier alpha value is -1.38. The number of Topliss-reactive ketones (excluding diaryl/α,β-unsaturated/α-hetero) is 1. The summed E-state index contributed by atoms with van der Waals surface area (Å²) in [6.45, 7) is 5.97. The van der Waals surface area contributed by atoms with Gasteiger partial charge in [-0.05, 0) is 6.08 Å². The molecule has 0 N–H and O–H groups in total. The molecule has 0 fully saturated rings. The molecule has 1 amide bonds. The van der Waals surface area contributed by atoms with Crippen molar-refractivity contribution in [3.05, 3.63) is 24.4 Å². The van der Waals surface area contributed by atoms with E-state index in [1.165, 1.54) is 11.0 Å². The largest absolute Gasteiger partial charge is 0.309 e. The first-order valence-corrected chi connectivity index (χ1v) is 4.35. The third kappa shape index (κ3) is 2.28. The molecule has 0 saturated carbocycles. The molecule has 0 unspecified atom stereocenters. The molecular formula is C10H13NO2. The topological polar surface area (TPSA) is 37.4 Å². The van der Waals surface area contributed by atoms with Gasteiger partial charge in [0.15, 0.2) is 0 Å². The minimum absolute atomic E-state index is 0.0751. The lowest BCUT2D eigenvalue weighted by atomic mass is 10.2. The van der Waals surface area contributed by atoms with Gasteiger partial charge in [-0.15, -0.1) is 0 Å². The van der Waals surface area contributed by atoms with E-state index >= 15 is 0 Å². The molecule has 0 aliphatic carbocycles. The fourth-order valence-corrected chi connectivity index (χ4v) is 1.16. The molecule has 0 saturated heterocycles. The summed E-state index contributed by atoms with van der Waals surface area (Å²) in [5.41, 5.74) is 0.675. The molecule has 0 aromatic carbocycles. The van der Waals surface area contributed by atoms with Gasteiger partial charge in [-0.25, -0.2) is 0 Å². The Balaban J connectivity index is 2.42. The smallest absolute Gasteiger partial charge is 0.251 e. The second-order valence-corrected chi connectivity index (χ2v) is 2.96. The molecule has 1 rings (SSSR count). The minimum atomic E-state index is -0.0751. The Kier molecular flexibility index (Phi) is 3.01. The molecule has 0 spiro atoms. The molecular weight excluding hydrogens is 166 g/mol. The summed E-state index contributed by atoms with van der Waals surface area (Å²) in [5.74, 6) is 0.0985. The first kappa shape index (κ1) is 9.71. The predicted octanol–water partition coefficient (Wildman–Crippen LogP) is 1.27. The highest BCUT2D eigenvalue weighted by atomic mass is 16.2. The monoisotopic (exact) mass is 179 g/mol. The molecule has 1 heterocycles. The molecule has 3 heteroatoms. The summed E-state index contributed by atoms with van der Waals surface area (Å²) in [6.07, 6.45) is 4.09. The summed E-state index contributed by atoms with van der Waals surface area (Å²) in [4.78, 5) is 23.7. The van der Waals surface area contributed by atoms with Crippen LogP contribution in [0.25, 0.3) is 0 Å². The molecule has 0 radical (unpaired) electrons. The van der Waals surface area contributed by atoms with E-state index in [1.807, 2.05) is 6.92 Å². The molecule has 0 aromatic rings. The van der Waals surface area contributed by atoms with Crippen molar-refractivity contribution in [2.45, 2.75) is 19.8 Å². The van der Waals surface area contributed by atoms with Crippen molar-refractivity contribution >= 4 is 11.7 Å². The van der Waals surface area contributed by atoms with Crippen molar-refractivity contribution in [3.8, 4) is 0 Å². The van der Waals surface area contributed by atoms with Crippen LogP contribution in [0.5, 0.6) is 0 Å². The number of hydrogen-bond acceptors (Lipinski definition) is 2. The lowest BCUT2D eigenvalue weighted by Crippen LogP contribution is -2.26. The molecule has 70 valence electrons. The van der Waals surface area contributed by atoms with E-state index in [1.54, 1.807) is 6.08 Å². The third-order valence-electron chi connectivity index (χ3n) is 2.04. The van der Waals surface area contributed by atoms with Crippen LogP contribution in [-0.4, -0.2) is 23.1 Å². The number of nitrogens with zero attached hydrogens (tertiary/aromatic N) is 1. The van der Waals surface area contributed by atoms with Gasteiger partial charge in [0.2, 0.25) is 0 Å². The maximum Gasteiger partial charge on any atom is 0.251 e. The second-order valence-electron chi connectivity index (χ2n) is 2.96. The summed E-state index contributed by atoms with van der Waals surface area (Å²) < 4.78 is 0. The highest BCUT2D eigenvalue weighted by molar-refractivity contribution is 5.93. The lowest BCUT2D eigenvalue weighted by molar-refractivity contribution is -0.124. The van der Waals surface area contributed by atoms with Crippen LogP contribution in [0.15, 0.2) is 24.4 Å². The van der Waals surface area contributed by atoms with Crippen molar-refractivity contribution in [2.75, 3.05) is 6.54 Å². The van der Waals surface area contributed by atoms with E-state index in [0.29, 0.717) is 25.1 Å². The molecule has 1 aliphatic rings. The van der Waals surface area contributed by atoms with Crippen molar-refractivity contribution in [1.82, 2.24) is 4.90 Å². The van der Waals surface area contributed by atoms with Crippen LogP contribution in [-0.2, 0) is 9.59 Å². The second kappa shape index (κ2) is 4.03. The highest BCUT2D eigenvalue weighted by Gasteiger charge is 2.18. The van der Waals surface area contributed by atoms with Crippen LogP contribution in [0.3, 0.4) is 0 Å². The van der Waals surface area contributed by atoms with Gasteiger partial charge < -0.3 is 4.90 Å². The first-order valence-electron chi connectivity index (χ1n) is 4.35. The molecule has 13 heavy (non-hydrogen) atoms. The van der Waals surface area contributed by atoms with Gasteiger partial charge in [0.1, 0.15) is 5.78 Å². The van der Waals surface area contributed by atoms with Gasteiger partial charge in [0, 0.05) is 31.2 Å². The standard InChI is InChI=1S/C10H13NO2/c1-3-9(12)6-7-11-8(2)4-5-10(11)13/h4-5H,2-3,6-7H2,1H3. The molecule has 0 atom stereocenters. The summed E-state index contributed by atoms with van der Waals surface area (Å²) in [6, 6.07) is 0. The number of ketones is 1. The number of amides is 1. The quantitative estimate of drug-likeness (QED) is 0.651. The fraction of sp³-hybridized carbons (Fsp3) is 0.400. The third-order valence-corrected chi connectivity index (χ3v) is 2.04. The fourth-order valence-electron chi connectivity index (χ4n) is 1.16. The first-order chi connectivity index (χ1) is 6.15. The normalized spacial score (nSPS) is 15.6. The van der Waals surface area contributed by atoms with Crippen molar-refractivity contribution in [3.63, 3.8) is 0 Å². The van der Waals surface area contributed by atoms with E-state index in [9.17, 15) is 9.59 Å². The number of allylic oxidation sites excluding steroid dienone is 1. The van der Waals surface area contributed by atoms with E-state index < -0.39 is 0 Å². The van der Waals surface area contributed by atoms with Crippen LogP contribution >= 0.6 is 0 Å². The van der Waals surface area contributed by atoms with Crippen LogP contribution in [0.2, 0.25) is 0 Å². The van der Waals surface area contributed by atoms with E-state index in [2.05, 4.69) is 6.58 Å². The van der Waals surface area contributed by atoms with Crippen molar-refractivity contribution < 1.29 is 9.59 Å². The Bertz CT molecular complexity index is 261. The van der Waals surface area contributed by atoms with Crippen LogP contribution in [0.4, 0.5) is 0 Å². The average molecular weight is 179 g/mol. The Morgan fingerprint density at radius 1 is 1.54 bits per heavy atom. The van der Waals surface area contributed by atoms with Crippen molar-refractivity contribution in [1.29, 1.82) is 0 Å². The molecule has 3 nitrogen and oxygen atoms in total. The minimum Gasteiger partial charge on any atom is -0.309 e. The van der Waals surface area contributed by atoms with Gasteiger partial charge in [0.25, 0.3) is 5.91 Å². The molecule has 0 bridgehead atoms. The zero-order valence-corrected chi connectivity index (χ0v) is 7.75. The maximum absolute atomic E-state index is 11.2. The predicted molar refractivity (Wildman–Crippen MR) is 49.9 cm³/mol. The Morgan fingerprint density at radius 3 is 2.69 bits per heavy atom. The van der Waals surface area contributed by atoms with Crippen LogP contribution in [0, 0.1) is 0 Å². The molecule has 1 aliphatic heterocycles. The van der Waals surface area contributed by atoms with Gasteiger partial charge in [0.05, 0.1) is 0 Å². The van der Waals surface area contributed by atoms with Gasteiger partial charge >= 0.3 is 0 Å². The van der Waals surface area contributed by atoms with Crippen LogP contribution < -0.4 is 0 Å². The SMILES string of the molecule is C=C1C=CC(=O)N1CCC(=O)CC. The Labute approximate surface area is 77.7 Å². The summed E-state index contributed by atoms with van der Waals surface area (Å²) >= 11 is 0. The zero-order valence-electron chi connectivity index (χ0n) is 7.75. The number of carbonyl (C=O) groups is 2. The average Bonchev–Trinajstić information content (AvgIpc) is 2.43. The van der Waals surface area contributed by atoms with E-state index in [0.717, 1.165) is 0 Å². The Morgan fingerprint density at radius 2 is 2.23 bits per heavy atom. The van der Waals surface area contributed by atoms with Gasteiger partial charge in [-0.3, -0.25) is 9.59 Å². The molecule has 0 aromatic heterocycles. The summed E-state index contributed by atoms with van der Waals surface area (Å²) in [5, 5.41) is 0. The van der Waals surface area contributed by atoms with E-state index in [4.69, 9.17) is 0 Å². The maximum atomic E-state index is 11.2. The number of rotatable bonds is 4. The van der Waals surface area contributed by atoms with Crippen LogP contribution in [0.1, 0.15) is 19.8 Å². The summed E-state index contributed by atoms with van der Waals surface area (Å²) in [7, 11) is 0. The highest BCUT2D eigenvalue weighted by Crippen LogP contribution is 2.13. The van der Waals surface area contributed by atoms with E-state index in [-0.39, 0.29) is 11.7 Å². The van der Waals surface area contributed by atoms with Gasteiger partial charge in [-0.1, -0.05) is 13.5 Å². The number of carbonyl (C=O) groups excluding carboxylic acids is 2. The van der Waals surface area contributed by atoms with Gasteiger partial charge in [-0.2, -0.15) is 0 Å². The zero-order chi connectivity index (χ0) is 9.84. The number of hydrogen-bond donors (Lipinski definition) is 0. The van der Waals surface area contributed by atoms with Crippen molar-refractivity contribution in [2.24, 2.45) is 0 Å². The lowest BCUT2D eigenvalue weighted by Gasteiger charge is -2.15.